The lowest BCUT2D eigenvalue weighted by Gasteiger charge is -2.14. The molecule has 0 spiro atoms. The number of aromatic nitrogens is 1. The van der Waals surface area contributed by atoms with Gasteiger partial charge in [0.25, 0.3) is 0 Å². The van der Waals surface area contributed by atoms with Crippen molar-refractivity contribution in [1.82, 2.24) is 4.98 Å². The Kier molecular flexibility index (Phi) is 2.97. The molecule has 0 unspecified atom stereocenters. The van der Waals surface area contributed by atoms with E-state index in [1.165, 1.54) is 23.5 Å². The van der Waals surface area contributed by atoms with E-state index in [0.717, 1.165) is 28.6 Å². The number of amides is 1. The van der Waals surface area contributed by atoms with Crippen molar-refractivity contribution in [2.24, 2.45) is 0 Å². The normalized spacial score (nSPS) is 15.7. The van der Waals surface area contributed by atoms with Crippen LogP contribution in [0.1, 0.15) is 18.4 Å². The number of anilines is 1. The van der Waals surface area contributed by atoms with Crippen molar-refractivity contribution in [2.75, 3.05) is 5.32 Å². The molecule has 0 atom stereocenters. The van der Waals surface area contributed by atoms with Crippen LogP contribution in [0.2, 0.25) is 0 Å². The molecule has 0 saturated heterocycles. The average Bonchev–Trinajstić information content (AvgIpc) is 3.23. The topological polar surface area (TPSA) is 42.0 Å². The summed E-state index contributed by atoms with van der Waals surface area (Å²) in [5.74, 6) is -0.343. The van der Waals surface area contributed by atoms with Crippen LogP contribution in [-0.2, 0) is 10.2 Å². The summed E-state index contributed by atoms with van der Waals surface area (Å²) in [6.45, 7) is 0. The Balaban J connectivity index is 1.60. The number of halogens is 1. The van der Waals surface area contributed by atoms with E-state index in [1.807, 2.05) is 24.3 Å². The first-order chi connectivity index (χ1) is 10.7. The van der Waals surface area contributed by atoms with E-state index >= 15 is 0 Å². The number of hydrogen-bond donors (Lipinski definition) is 1. The van der Waals surface area contributed by atoms with E-state index in [2.05, 4.69) is 10.3 Å². The first-order valence-electron chi connectivity index (χ1n) is 7.10. The minimum atomic E-state index is -0.522. The molecule has 1 aromatic heterocycles. The quantitative estimate of drug-likeness (QED) is 0.791. The summed E-state index contributed by atoms with van der Waals surface area (Å²) in [5.41, 5.74) is 1.23. The van der Waals surface area contributed by atoms with Crippen LogP contribution >= 0.6 is 11.3 Å². The molecule has 110 valence electrons. The van der Waals surface area contributed by atoms with Gasteiger partial charge in [-0.25, -0.2) is 9.37 Å². The summed E-state index contributed by atoms with van der Waals surface area (Å²) < 4.78 is 14.1. The van der Waals surface area contributed by atoms with Crippen molar-refractivity contribution in [3.05, 3.63) is 59.9 Å². The third-order valence-electron chi connectivity index (χ3n) is 4.10. The molecular weight excluding hydrogens is 299 g/mol. The van der Waals surface area contributed by atoms with Gasteiger partial charge in [-0.3, -0.25) is 4.79 Å². The summed E-state index contributed by atoms with van der Waals surface area (Å²) in [6, 6.07) is 14.0. The number of nitrogens with one attached hydrogen (secondary N) is 1. The van der Waals surface area contributed by atoms with Gasteiger partial charge in [0, 0.05) is 0 Å². The number of benzene rings is 2. The number of hydrogen-bond acceptors (Lipinski definition) is 3. The van der Waals surface area contributed by atoms with Gasteiger partial charge in [0.15, 0.2) is 5.13 Å². The van der Waals surface area contributed by atoms with Gasteiger partial charge in [0.05, 0.1) is 15.6 Å². The summed E-state index contributed by atoms with van der Waals surface area (Å²) in [7, 11) is 0. The Bertz CT molecular complexity index is 819. The van der Waals surface area contributed by atoms with Gasteiger partial charge in [0.2, 0.25) is 5.91 Å². The van der Waals surface area contributed by atoms with E-state index in [1.54, 1.807) is 12.1 Å². The molecular formula is C17H13FN2OS. The van der Waals surface area contributed by atoms with Crippen molar-refractivity contribution in [3.8, 4) is 0 Å². The Morgan fingerprint density at radius 2 is 1.86 bits per heavy atom. The van der Waals surface area contributed by atoms with E-state index in [-0.39, 0.29) is 11.7 Å². The third-order valence-corrected chi connectivity index (χ3v) is 5.05. The smallest absolute Gasteiger partial charge is 0.236 e. The Morgan fingerprint density at radius 1 is 1.14 bits per heavy atom. The fourth-order valence-electron chi connectivity index (χ4n) is 2.68. The third kappa shape index (κ3) is 2.18. The van der Waals surface area contributed by atoms with E-state index < -0.39 is 5.41 Å². The van der Waals surface area contributed by atoms with Crippen molar-refractivity contribution in [2.45, 2.75) is 18.3 Å². The van der Waals surface area contributed by atoms with Crippen molar-refractivity contribution >= 4 is 32.6 Å². The molecule has 1 heterocycles. The van der Waals surface area contributed by atoms with Crippen LogP contribution in [0.5, 0.6) is 0 Å². The predicted molar refractivity (Wildman–Crippen MR) is 85.6 cm³/mol. The maximum Gasteiger partial charge on any atom is 0.236 e. The number of nitrogens with zero attached hydrogens (tertiary/aromatic N) is 1. The standard InChI is InChI=1S/C17H13FN2OS/c18-12-7-5-11(6-8-12)17(9-10-17)15(21)20-16-19-13-3-1-2-4-14(13)22-16/h1-8H,9-10H2,(H,19,20,21). The summed E-state index contributed by atoms with van der Waals surface area (Å²) >= 11 is 1.46. The number of rotatable bonds is 3. The van der Waals surface area contributed by atoms with Crippen LogP contribution in [0.25, 0.3) is 10.2 Å². The molecule has 1 aliphatic rings. The maximum absolute atomic E-state index is 13.1. The van der Waals surface area contributed by atoms with Gasteiger partial charge in [-0.15, -0.1) is 0 Å². The highest BCUT2D eigenvalue weighted by atomic mass is 32.1. The monoisotopic (exact) mass is 312 g/mol. The van der Waals surface area contributed by atoms with Crippen LogP contribution in [0.4, 0.5) is 9.52 Å². The fraction of sp³-hybridized carbons (Fsp3) is 0.176. The van der Waals surface area contributed by atoms with E-state index in [9.17, 15) is 9.18 Å². The van der Waals surface area contributed by atoms with Gasteiger partial charge >= 0.3 is 0 Å². The molecule has 0 aliphatic heterocycles. The minimum absolute atomic E-state index is 0.0573. The Labute approximate surface area is 130 Å². The molecule has 1 N–H and O–H groups in total. The molecule has 1 saturated carbocycles. The molecule has 5 heteroatoms. The summed E-state index contributed by atoms with van der Waals surface area (Å²) in [4.78, 5) is 17.0. The number of thiazole rings is 1. The second kappa shape index (κ2) is 4.88. The highest BCUT2D eigenvalue weighted by Gasteiger charge is 2.51. The Hall–Kier alpha value is -2.27. The van der Waals surface area contributed by atoms with Crippen LogP contribution in [-0.4, -0.2) is 10.9 Å². The van der Waals surface area contributed by atoms with Crippen LogP contribution in [0.15, 0.2) is 48.5 Å². The minimum Gasteiger partial charge on any atom is -0.301 e. The molecule has 2 aromatic carbocycles. The highest BCUT2D eigenvalue weighted by molar-refractivity contribution is 7.22. The van der Waals surface area contributed by atoms with E-state index in [4.69, 9.17) is 0 Å². The largest absolute Gasteiger partial charge is 0.301 e. The Morgan fingerprint density at radius 3 is 2.55 bits per heavy atom. The zero-order valence-electron chi connectivity index (χ0n) is 11.7. The fourth-order valence-corrected chi connectivity index (χ4v) is 3.54. The van der Waals surface area contributed by atoms with E-state index in [0.29, 0.717) is 5.13 Å². The first-order valence-corrected chi connectivity index (χ1v) is 7.92. The number of carbonyl (C=O) groups excluding carboxylic acids is 1. The second-order valence-electron chi connectivity index (χ2n) is 5.53. The van der Waals surface area contributed by atoms with Gasteiger partial charge in [-0.1, -0.05) is 35.6 Å². The SMILES string of the molecule is O=C(Nc1nc2ccccc2s1)C1(c2ccc(F)cc2)CC1. The van der Waals surface area contributed by atoms with Gasteiger partial charge in [-0.2, -0.15) is 0 Å². The molecule has 3 nitrogen and oxygen atoms in total. The van der Waals surface area contributed by atoms with Gasteiger partial charge in [0.1, 0.15) is 5.82 Å². The average molecular weight is 312 g/mol. The predicted octanol–water partition coefficient (Wildman–Crippen LogP) is 4.11. The van der Waals surface area contributed by atoms with Gasteiger partial charge in [-0.05, 0) is 42.7 Å². The zero-order chi connectivity index (χ0) is 15.2. The molecule has 0 radical (unpaired) electrons. The summed E-state index contributed by atoms with van der Waals surface area (Å²) in [5, 5.41) is 3.53. The molecule has 1 aliphatic carbocycles. The van der Waals surface area contributed by atoms with Crippen molar-refractivity contribution < 1.29 is 9.18 Å². The molecule has 0 bridgehead atoms. The van der Waals surface area contributed by atoms with Crippen LogP contribution < -0.4 is 5.32 Å². The van der Waals surface area contributed by atoms with Crippen LogP contribution in [0, 0.1) is 5.82 Å². The molecule has 22 heavy (non-hydrogen) atoms. The van der Waals surface area contributed by atoms with Crippen molar-refractivity contribution in [1.29, 1.82) is 0 Å². The lowest BCUT2D eigenvalue weighted by molar-refractivity contribution is -0.118. The number of fused-ring (bicyclic) bond motifs is 1. The summed E-state index contributed by atoms with van der Waals surface area (Å²) in [6.07, 6.45) is 1.57. The molecule has 1 fully saturated rings. The lowest BCUT2D eigenvalue weighted by Crippen LogP contribution is -2.27. The number of carbonyl (C=O) groups is 1. The maximum atomic E-state index is 13.1. The second-order valence-corrected chi connectivity index (χ2v) is 6.56. The first kappa shape index (κ1) is 13.4. The zero-order valence-corrected chi connectivity index (χ0v) is 12.5. The number of para-hydroxylation sites is 1. The highest BCUT2D eigenvalue weighted by Crippen LogP contribution is 2.49. The van der Waals surface area contributed by atoms with Gasteiger partial charge < -0.3 is 5.32 Å². The van der Waals surface area contributed by atoms with Crippen LogP contribution in [0.3, 0.4) is 0 Å². The molecule has 3 aromatic rings. The molecule has 1 amide bonds. The molecule has 4 rings (SSSR count). The van der Waals surface area contributed by atoms with Crippen molar-refractivity contribution in [3.63, 3.8) is 0 Å². The lowest BCUT2D eigenvalue weighted by atomic mass is 9.95.